The first-order valence-corrected chi connectivity index (χ1v) is 9.89. The van der Waals surface area contributed by atoms with Crippen molar-refractivity contribution >= 4 is 44.0 Å². The van der Waals surface area contributed by atoms with Gasteiger partial charge in [0.05, 0.1) is 0 Å². The Kier molecular flexibility index (Phi) is 3.21. The Hall–Kier alpha value is -3.46. The van der Waals surface area contributed by atoms with Crippen LogP contribution in [0.1, 0.15) is 18.7 Å². The standard InChI is InChI=1S/C25H21N3/c1-2-28-22-12-4-3-9-18(22)19-15-17(13-14-23(19)28)25-26-20-10-5-7-16-8-6-11-21(27-25)24(16)20/h3-15,25-27H,2H2,1H3. The molecule has 3 nitrogen and oxygen atoms in total. The largest absolute Gasteiger partial charge is 0.361 e. The first kappa shape index (κ1) is 15.6. The highest BCUT2D eigenvalue weighted by Crippen LogP contribution is 2.39. The van der Waals surface area contributed by atoms with Crippen molar-refractivity contribution in [3.63, 3.8) is 0 Å². The lowest BCUT2D eigenvalue weighted by Crippen LogP contribution is -2.23. The van der Waals surface area contributed by atoms with E-state index in [0.717, 1.165) is 6.54 Å². The van der Waals surface area contributed by atoms with Crippen molar-refractivity contribution in [2.24, 2.45) is 0 Å². The summed E-state index contributed by atoms with van der Waals surface area (Å²) in [5.41, 5.74) is 6.22. The summed E-state index contributed by atoms with van der Waals surface area (Å²) in [7, 11) is 0. The van der Waals surface area contributed by atoms with E-state index in [1.807, 2.05) is 0 Å². The molecule has 0 atom stereocenters. The van der Waals surface area contributed by atoms with Gasteiger partial charge in [-0.2, -0.15) is 0 Å². The second kappa shape index (κ2) is 5.77. The van der Waals surface area contributed by atoms with Crippen molar-refractivity contribution in [2.45, 2.75) is 19.6 Å². The number of para-hydroxylation sites is 1. The number of fused-ring (bicyclic) bond motifs is 3. The zero-order chi connectivity index (χ0) is 18.7. The molecule has 0 saturated carbocycles. The maximum Gasteiger partial charge on any atom is 0.123 e. The van der Waals surface area contributed by atoms with E-state index < -0.39 is 0 Å². The predicted molar refractivity (Wildman–Crippen MR) is 119 cm³/mol. The van der Waals surface area contributed by atoms with Gasteiger partial charge in [0.1, 0.15) is 6.17 Å². The molecule has 28 heavy (non-hydrogen) atoms. The third-order valence-corrected chi connectivity index (χ3v) is 5.95. The number of aryl methyl sites for hydroxylation is 1. The molecule has 0 aliphatic carbocycles. The highest BCUT2D eigenvalue weighted by Gasteiger charge is 2.21. The van der Waals surface area contributed by atoms with Gasteiger partial charge in [-0.25, -0.2) is 0 Å². The molecular weight excluding hydrogens is 342 g/mol. The average molecular weight is 363 g/mol. The lowest BCUT2D eigenvalue weighted by molar-refractivity contribution is 0.826. The average Bonchev–Trinajstić information content (AvgIpc) is 3.07. The van der Waals surface area contributed by atoms with Gasteiger partial charge >= 0.3 is 0 Å². The van der Waals surface area contributed by atoms with Crippen molar-refractivity contribution in [1.82, 2.24) is 4.57 Å². The summed E-state index contributed by atoms with van der Waals surface area (Å²) in [6, 6.07) is 28.4. The fourth-order valence-electron chi connectivity index (χ4n) is 4.69. The number of nitrogens with zero attached hydrogens (tertiary/aromatic N) is 1. The fraction of sp³-hybridized carbons (Fsp3) is 0.120. The summed E-state index contributed by atoms with van der Waals surface area (Å²) in [6.07, 6.45) is 0.0497. The molecule has 1 aromatic heterocycles. The number of nitrogens with one attached hydrogen (secondary N) is 2. The minimum atomic E-state index is 0.0497. The second-order valence-corrected chi connectivity index (χ2v) is 7.47. The smallest absolute Gasteiger partial charge is 0.123 e. The molecule has 0 spiro atoms. The zero-order valence-corrected chi connectivity index (χ0v) is 15.7. The Labute approximate surface area is 163 Å². The number of aromatic nitrogens is 1. The van der Waals surface area contributed by atoms with Gasteiger partial charge in [-0.3, -0.25) is 0 Å². The molecule has 0 amide bonds. The van der Waals surface area contributed by atoms with E-state index in [9.17, 15) is 0 Å². The minimum absolute atomic E-state index is 0.0497. The summed E-state index contributed by atoms with van der Waals surface area (Å²) in [5.74, 6) is 0. The van der Waals surface area contributed by atoms with Crippen LogP contribution < -0.4 is 10.6 Å². The van der Waals surface area contributed by atoms with Crippen LogP contribution in [-0.2, 0) is 6.54 Å². The van der Waals surface area contributed by atoms with E-state index in [1.54, 1.807) is 0 Å². The van der Waals surface area contributed by atoms with E-state index in [4.69, 9.17) is 0 Å². The fourth-order valence-corrected chi connectivity index (χ4v) is 4.69. The molecule has 3 heteroatoms. The van der Waals surface area contributed by atoms with E-state index in [0.29, 0.717) is 0 Å². The van der Waals surface area contributed by atoms with Crippen molar-refractivity contribution < 1.29 is 0 Å². The third kappa shape index (κ3) is 2.10. The zero-order valence-electron chi connectivity index (χ0n) is 15.7. The van der Waals surface area contributed by atoms with Gasteiger partial charge in [0.25, 0.3) is 0 Å². The molecule has 1 aliphatic heterocycles. The number of rotatable bonds is 2. The summed E-state index contributed by atoms with van der Waals surface area (Å²) >= 11 is 0. The lowest BCUT2D eigenvalue weighted by Gasteiger charge is -2.30. The summed E-state index contributed by atoms with van der Waals surface area (Å²) in [6.45, 7) is 3.18. The number of hydrogen-bond acceptors (Lipinski definition) is 2. The first-order valence-electron chi connectivity index (χ1n) is 9.89. The van der Waals surface area contributed by atoms with Crippen molar-refractivity contribution in [2.75, 3.05) is 10.6 Å². The van der Waals surface area contributed by atoms with Crippen LogP contribution in [0.3, 0.4) is 0 Å². The molecule has 136 valence electrons. The minimum Gasteiger partial charge on any atom is -0.361 e. The monoisotopic (exact) mass is 363 g/mol. The third-order valence-electron chi connectivity index (χ3n) is 5.95. The normalized spacial score (nSPS) is 13.8. The SMILES string of the molecule is CCn1c2ccccc2c2cc(C3Nc4cccc5cccc(c45)N3)ccc21. The maximum absolute atomic E-state index is 3.69. The van der Waals surface area contributed by atoms with Crippen molar-refractivity contribution in [1.29, 1.82) is 0 Å². The lowest BCUT2D eigenvalue weighted by atomic mass is 10.0. The van der Waals surface area contributed by atoms with E-state index in [2.05, 4.69) is 101 Å². The molecule has 4 aromatic carbocycles. The maximum atomic E-state index is 3.69. The van der Waals surface area contributed by atoms with Crippen molar-refractivity contribution in [3.05, 3.63) is 84.4 Å². The molecule has 0 radical (unpaired) electrons. The number of anilines is 2. The topological polar surface area (TPSA) is 29.0 Å². The van der Waals surface area contributed by atoms with E-state index in [-0.39, 0.29) is 6.17 Å². The molecule has 6 rings (SSSR count). The van der Waals surface area contributed by atoms with E-state index in [1.165, 1.54) is 49.5 Å². The Morgan fingerprint density at radius 1 is 0.750 bits per heavy atom. The second-order valence-electron chi connectivity index (χ2n) is 7.47. The van der Waals surface area contributed by atoms with Crippen LogP contribution in [0.5, 0.6) is 0 Å². The molecule has 2 N–H and O–H groups in total. The van der Waals surface area contributed by atoms with Gasteiger partial charge in [-0.15, -0.1) is 0 Å². The quantitative estimate of drug-likeness (QED) is 0.375. The van der Waals surface area contributed by atoms with Crippen molar-refractivity contribution in [3.8, 4) is 0 Å². The highest BCUT2D eigenvalue weighted by molar-refractivity contribution is 6.09. The van der Waals surface area contributed by atoms with Crippen LogP contribution in [-0.4, -0.2) is 4.57 Å². The molecule has 0 saturated heterocycles. The van der Waals surface area contributed by atoms with Crippen LogP contribution >= 0.6 is 0 Å². The Balaban J connectivity index is 1.51. The molecular formula is C25H21N3. The van der Waals surface area contributed by atoms with E-state index >= 15 is 0 Å². The number of hydrogen-bond donors (Lipinski definition) is 2. The Morgan fingerprint density at radius 2 is 1.46 bits per heavy atom. The number of benzene rings is 4. The molecule has 5 aromatic rings. The van der Waals surface area contributed by atoms with Crippen LogP contribution in [0, 0.1) is 0 Å². The molecule has 0 bridgehead atoms. The predicted octanol–water partition coefficient (Wildman–Crippen LogP) is 6.50. The molecule has 0 unspecified atom stereocenters. The van der Waals surface area contributed by atoms with Crippen LogP contribution in [0.4, 0.5) is 11.4 Å². The van der Waals surface area contributed by atoms with Gasteiger partial charge in [-0.1, -0.05) is 48.5 Å². The van der Waals surface area contributed by atoms with Crippen LogP contribution in [0.15, 0.2) is 78.9 Å². The summed E-state index contributed by atoms with van der Waals surface area (Å²) in [5, 5.41) is 12.5. The van der Waals surface area contributed by atoms with Gasteiger partial charge in [-0.05, 0) is 48.2 Å². The molecule has 1 aliphatic rings. The molecule has 2 heterocycles. The van der Waals surface area contributed by atoms with Gasteiger partial charge in [0.15, 0.2) is 0 Å². The van der Waals surface area contributed by atoms with Gasteiger partial charge in [0, 0.05) is 45.1 Å². The first-order chi connectivity index (χ1) is 13.8. The summed E-state index contributed by atoms with van der Waals surface area (Å²) in [4.78, 5) is 0. The Morgan fingerprint density at radius 3 is 2.21 bits per heavy atom. The molecule has 0 fully saturated rings. The van der Waals surface area contributed by atoms with Gasteiger partial charge < -0.3 is 15.2 Å². The van der Waals surface area contributed by atoms with Gasteiger partial charge in [0.2, 0.25) is 0 Å². The highest BCUT2D eigenvalue weighted by atomic mass is 15.1. The van der Waals surface area contributed by atoms with Crippen LogP contribution in [0.25, 0.3) is 32.6 Å². The Bertz CT molecular complexity index is 1320. The summed E-state index contributed by atoms with van der Waals surface area (Å²) < 4.78 is 2.40. The van der Waals surface area contributed by atoms with Crippen LogP contribution in [0.2, 0.25) is 0 Å².